The number of halogens is 1. The number of esters is 3. The number of rotatable bonds is 5. The molecule has 1 heterocycles. The summed E-state index contributed by atoms with van der Waals surface area (Å²) in [5.74, 6) is -3.56. The van der Waals surface area contributed by atoms with Gasteiger partial charge in [0.1, 0.15) is 11.7 Å². The summed E-state index contributed by atoms with van der Waals surface area (Å²) in [6.45, 7) is 3.34. The Labute approximate surface area is 132 Å². The zero-order valence-electron chi connectivity index (χ0n) is 12.7. The molecular formula is C16H16FNO5. The van der Waals surface area contributed by atoms with Gasteiger partial charge in [-0.3, -0.25) is 9.59 Å². The van der Waals surface area contributed by atoms with E-state index in [0.29, 0.717) is 11.4 Å². The van der Waals surface area contributed by atoms with Crippen molar-refractivity contribution < 1.29 is 28.2 Å². The highest BCUT2D eigenvalue weighted by molar-refractivity contribution is 6.04. The minimum Gasteiger partial charge on any atom is -0.463 e. The number of anilines is 1. The third-order valence-corrected chi connectivity index (χ3v) is 3.29. The van der Waals surface area contributed by atoms with Crippen molar-refractivity contribution in [3.8, 4) is 0 Å². The first kappa shape index (κ1) is 16.7. The van der Waals surface area contributed by atoms with Crippen LogP contribution in [0, 0.1) is 11.7 Å². The van der Waals surface area contributed by atoms with Crippen molar-refractivity contribution >= 4 is 23.6 Å². The fourth-order valence-corrected chi connectivity index (χ4v) is 2.28. The number of hydrogen-bond donors (Lipinski definition) is 1. The predicted molar refractivity (Wildman–Crippen MR) is 78.6 cm³/mol. The summed E-state index contributed by atoms with van der Waals surface area (Å²) in [7, 11) is 0. The van der Waals surface area contributed by atoms with E-state index < -0.39 is 29.6 Å². The summed E-state index contributed by atoms with van der Waals surface area (Å²) in [6, 6.07) is 5.49. The quantitative estimate of drug-likeness (QED) is 0.508. The first-order valence-electron chi connectivity index (χ1n) is 7.07. The maximum absolute atomic E-state index is 12.9. The van der Waals surface area contributed by atoms with Crippen molar-refractivity contribution in [2.75, 3.05) is 11.9 Å². The molecule has 23 heavy (non-hydrogen) atoms. The van der Waals surface area contributed by atoms with Gasteiger partial charge in [-0.1, -0.05) is 0 Å². The van der Waals surface area contributed by atoms with E-state index in [0.717, 1.165) is 0 Å². The summed E-state index contributed by atoms with van der Waals surface area (Å²) in [5, 5.41) is 2.91. The topological polar surface area (TPSA) is 81.7 Å². The number of hydrogen-bond acceptors (Lipinski definition) is 6. The molecule has 0 amide bonds. The van der Waals surface area contributed by atoms with E-state index >= 15 is 0 Å². The van der Waals surface area contributed by atoms with Crippen LogP contribution in [-0.2, 0) is 23.9 Å². The average Bonchev–Trinajstić information content (AvgIpc) is 2.80. The molecule has 0 radical (unpaired) electrons. The lowest BCUT2D eigenvalue weighted by Gasteiger charge is -2.15. The summed E-state index contributed by atoms with van der Waals surface area (Å²) in [6.07, 6.45) is -0.213. The van der Waals surface area contributed by atoms with Crippen LogP contribution in [0.25, 0.3) is 0 Å². The van der Waals surface area contributed by atoms with E-state index in [2.05, 4.69) is 10.1 Å². The van der Waals surface area contributed by atoms with E-state index in [1.165, 1.54) is 24.3 Å². The predicted octanol–water partition coefficient (Wildman–Crippen LogP) is 2.16. The molecule has 0 unspecified atom stereocenters. The molecule has 1 aliphatic heterocycles. The fourth-order valence-electron chi connectivity index (χ4n) is 2.28. The standard InChI is InChI=1S/C16H16FNO5/c1-3-22-16(21)14(12-8-13(19)23-15(12)20)9(2)18-11-6-4-10(17)5-7-11/h4-7,12,18H,3,8H2,1-2H3/b14-9-/t12-/m1/s1. The largest absolute Gasteiger partial charge is 0.463 e. The number of nitrogens with one attached hydrogen (secondary N) is 1. The molecule has 1 saturated heterocycles. The molecule has 1 atom stereocenters. The van der Waals surface area contributed by atoms with Gasteiger partial charge in [-0.25, -0.2) is 9.18 Å². The molecule has 1 aromatic rings. The van der Waals surface area contributed by atoms with Crippen LogP contribution in [0.1, 0.15) is 20.3 Å². The van der Waals surface area contributed by atoms with Gasteiger partial charge in [0.2, 0.25) is 0 Å². The minimum atomic E-state index is -1.01. The lowest BCUT2D eigenvalue weighted by Crippen LogP contribution is -2.23. The van der Waals surface area contributed by atoms with Gasteiger partial charge in [-0.15, -0.1) is 0 Å². The minimum absolute atomic E-state index is 0.0343. The van der Waals surface area contributed by atoms with Crippen LogP contribution < -0.4 is 5.32 Å². The lowest BCUT2D eigenvalue weighted by atomic mass is 9.95. The molecule has 1 N–H and O–H groups in total. The Morgan fingerprint density at radius 1 is 1.35 bits per heavy atom. The zero-order chi connectivity index (χ0) is 17.0. The Morgan fingerprint density at radius 2 is 2.00 bits per heavy atom. The van der Waals surface area contributed by atoms with Gasteiger partial charge < -0.3 is 14.8 Å². The maximum atomic E-state index is 12.9. The lowest BCUT2D eigenvalue weighted by molar-refractivity contribution is -0.153. The summed E-state index contributed by atoms with van der Waals surface area (Å²) in [5.41, 5.74) is 0.905. The molecule has 1 aliphatic rings. The average molecular weight is 321 g/mol. The van der Waals surface area contributed by atoms with E-state index in [1.807, 2.05) is 0 Å². The highest BCUT2D eigenvalue weighted by Gasteiger charge is 2.40. The number of benzene rings is 1. The van der Waals surface area contributed by atoms with Gasteiger partial charge in [0.05, 0.1) is 18.6 Å². The van der Waals surface area contributed by atoms with Crippen molar-refractivity contribution in [2.24, 2.45) is 5.92 Å². The van der Waals surface area contributed by atoms with Gasteiger partial charge in [0.25, 0.3) is 0 Å². The van der Waals surface area contributed by atoms with Crippen molar-refractivity contribution in [1.29, 1.82) is 0 Å². The number of carbonyl (C=O) groups excluding carboxylic acids is 3. The van der Waals surface area contributed by atoms with Crippen LogP contribution in [0.3, 0.4) is 0 Å². The van der Waals surface area contributed by atoms with E-state index in [1.54, 1.807) is 13.8 Å². The van der Waals surface area contributed by atoms with Crippen LogP contribution in [0.4, 0.5) is 10.1 Å². The highest BCUT2D eigenvalue weighted by Crippen LogP contribution is 2.28. The van der Waals surface area contributed by atoms with Crippen LogP contribution in [0.2, 0.25) is 0 Å². The number of carbonyl (C=O) groups is 3. The van der Waals surface area contributed by atoms with Crippen LogP contribution >= 0.6 is 0 Å². The summed E-state index contributed by atoms with van der Waals surface area (Å²) in [4.78, 5) is 35.2. The second-order valence-electron chi connectivity index (χ2n) is 4.94. The monoisotopic (exact) mass is 321 g/mol. The maximum Gasteiger partial charge on any atom is 0.336 e. The fraction of sp³-hybridized carbons (Fsp3) is 0.312. The van der Waals surface area contributed by atoms with Gasteiger partial charge in [0, 0.05) is 11.4 Å². The van der Waals surface area contributed by atoms with Gasteiger partial charge in [0.15, 0.2) is 0 Å². The van der Waals surface area contributed by atoms with Crippen LogP contribution in [0.15, 0.2) is 35.5 Å². The SMILES string of the molecule is CCOC(=O)/C(=C(/C)Nc1ccc(F)cc1)[C@H]1CC(=O)OC1=O. The molecule has 1 fully saturated rings. The smallest absolute Gasteiger partial charge is 0.336 e. The number of cyclic esters (lactones) is 2. The zero-order valence-corrected chi connectivity index (χ0v) is 12.7. The van der Waals surface area contributed by atoms with E-state index in [4.69, 9.17) is 4.74 Å². The molecule has 0 spiro atoms. The molecule has 122 valence electrons. The molecule has 7 heteroatoms. The molecular weight excluding hydrogens is 305 g/mol. The van der Waals surface area contributed by atoms with E-state index in [-0.39, 0.29) is 18.6 Å². The Morgan fingerprint density at radius 3 is 2.52 bits per heavy atom. The van der Waals surface area contributed by atoms with Gasteiger partial charge in [-0.2, -0.15) is 0 Å². The van der Waals surface area contributed by atoms with Crippen LogP contribution in [-0.4, -0.2) is 24.5 Å². The second-order valence-corrected chi connectivity index (χ2v) is 4.94. The molecule has 1 aromatic carbocycles. The normalized spacial score (nSPS) is 18.3. The molecule has 0 bridgehead atoms. The van der Waals surface area contributed by atoms with Crippen molar-refractivity contribution in [3.05, 3.63) is 41.4 Å². The Balaban J connectivity index is 2.34. The molecule has 6 nitrogen and oxygen atoms in total. The van der Waals surface area contributed by atoms with Crippen molar-refractivity contribution in [3.63, 3.8) is 0 Å². The highest BCUT2D eigenvalue weighted by atomic mass is 19.1. The Kier molecular flexibility index (Phi) is 5.10. The second kappa shape index (κ2) is 7.04. The molecule has 0 aromatic heterocycles. The van der Waals surface area contributed by atoms with E-state index in [9.17, 15) is 18.8 Å². The van der Waals surface area contributed by atoms with Gasteiger partial charge in [-0.05, 0) is 38.1 Å². The molecule has 0 saturated carbocycles. The van der Waals surface area contributed by atoms with Crippen molar-refractivity contribution in [1.82, 2.24) is 0 Å². The third-order valence-electron chi connectivity index (χ3n) is 3.29. The first-order chi connectivity index (χ1) is 10.9. The molecule has 0 aliphatic carbocycles. The first-order valence-corrected chi connectivity index (χ1v) is 7.07. The Bertz CT molecular complexity index is 666. The number of allylic oxidation sites excluding steroid dienone is 1. The molecule has 2 rings (SSSR count). The third kappa shape index (κ3) is 3.94. The van der Waals surface area contributed by atoms with Crippen LogP contribution in [0.5, 0.6) is 0 Å². The van der Waals surface area contributed by atoms with Gasteiger partial charge >= 0.3 is 17.9 Å². The summed E-state index contributed by atoms with van der Waals surface area (Å²) < 4.78 is 22.4. The number of ether oxygens (including phenoxy) is 2. The summed E-state index contributed by atoms with van der Waals surface area (Å²) >= 11 is 0. The van der Waals surface area contributed by atoms with Crippen molar-refractivity contribution in [2.45, 2.75) is 20.3 Å². The Hall–Kier alpha value is -2.70.